The van der Waals surface area contributed by atoms with E-state index in [1.54, 1.807) is 6.92 Å². The summed E-state index contributed by atoms with van der Waals surface area (Å²) in [5, 5.41) is 2.82. The first-order chi connectivity index (χ1) is 9.50. The van der Waals surface area contributed by atoms with Gasteiger partial charge in [0.15, 0.2) is 11.5 Å². The molecule has 21 heavy (non-hydrogen) atoms. The standard InChI is InChI=1S/C12H18O6S2.Na/c1-2-10(20(13,14)15)3-4-16-9-5-17-11-7-19-8-12(11)18-6-9;/h7-10H,2-6H2,1H3,(H,13,14,15);/q;+1/p-1. The molecule has 1 aliphatic heterocycles. The summed E-state index contributed by atoms with van der Waals surface area (Å²) in [6, 6.07) is 0. The molecule has 0 bridgehead atoms. The van der Waals surface area contributed by atoms with E-state index in [0.717, 1.165) is 0 Å². The first-order valence-corrected chi connectivity index (χ1v) is 8.80. The molecule has 2 heterocycles. The van der Waals surface area contributed by atoms with Gasteiger partial charge in [0.2, 0.25) is 0 Å². The topological polar surface area (TPSA) is 84.9 Å². The monoisotopic (exact) mass is 344 g/mol. The minimum atomic E-state index is -4.25. The number of hydrogen-bond acceptors (Lipinski definition) is 7. The number of ether oxygens (including phenoxy) is 3. The van der Waals surface area contributed by atoms with Crippen molar-refractivity contribution in [1.82, 2.24) is 0 Å². The molecule has 0 spiro atoms. The Morgan fingerprint density at radius 2 is 1.95 bits per heavy atom. The summed E-state index contributed by atoms with van der Waals surface area (Å²) in [6.45, 7) is 2.58. The fourth-order valence-corrected chi connectivity index (χ4v) is 3.39. The third-order valence-corrected chi connectivity index (χ3v) is 5.19. The third-order valence-electron chi connectivity index (χ3n) is 3.10. The molecule has 1 unspecified atom stereocenters. The van der Waals surface area contributed by atoms with E-state index in [4.69, 9.17) is 14.2 Å². The summed E-state index contributed by atoms with van der Waals surface area (Å²) in [5.74, 6) is 1.41. The van der Waals surface area contributed by atoms with Crippen LogP contribution in [-0.2, 0) is 14.9 Å². The van der Waals surface area contributed by atoms with E-state index in [1.165, 1.54) is 11.3 Å². The molecule has 114 valence electrons. The Morgan fingerprint density at radius 3 is 2.43 bits per heavy atom. The minimum absolute atomic E-state index is 0. The van der Waals surface area contributed by atoms with E-state index < -0.39 is 15.4 Å². The maximum atomic E-state index is 11.0. The zero-order valence-corrected chi connectivity index (χ0v) is 15.7. The second-order valence-electron chi connectivity index (χ2n) is 4.53. The zero-order chi connectivity index (χ0) is 14.6. The van der Waals surface area contributed by atoms with Crippen LogP contribution in [0.5, 0.6) is 11.5 Å². The predicted octanol–water partition coefficient (Wildman–Crippen LogP) is -1.38. The van der Waals surface area contributed by atoms with Gasteiger partial charge in [-0.15, -0.1) is 11.3 Å². The summed E-state index contributed by atoms with van der Waals surface area (Å²) < 4.78 is 49.5. The molecule has 0 aromatic carbocycles. The van der Waals surface area contributed by atoms with Gasteiger partial charge in [-0.1, -0.05) is 6.92 Å². The molecule has 1 atom stereocenters. The fourth-order valence-electron chi connectivity index (χ4n) is 1.91. The number of thiophene rings is 1. The van der Waals surface area contributed by atoms with Crippen LogP contribution in [0.2, 0.25) is 0 Å². The van der Waals surface area contributed by atoms with E-state index in [9.17, 15) is 13.0 Å². The van der Waals surface area contributed by atoms with Gasteiger partial charge in [-0.05, 0) is 12.8 Å². The Hall–Kier alpha value is 0.170. The number of hydrogen-bond donors (Lipinski definition) is 0. The van der Waals surface area contributed by atoms with Crippen LogP contribution in [0.1, 0.15) is 19.8 Å². The Morgan fingerprint density at radius 1 is 1.38 bits per heavy atom. The van der Waals surface area contributed by atoms with Gasteiger partial charge in [0, 0.05) is 17.4 Å². The molecule has 0 radical (unpaired) electrons. The predicted molar refractivity (Wildman–Crippen MR) is 73.4 cm³/mol. The average Bonchev–Trinajstić information content (AvgIpc) is 2.75. The van der Waals surface area contributed by atoms with Gasteiger partial charge in [-0.2, -0.15) is 0 Å². The molecule has 0 N–H and O–H groups in total. The molecule has 1 aromatic rings. The Kier molecular flexibility index (Phi) is 7.97. The zero-order valence-electron chi connectivity index (χ0n) is 12.1. The maximum Gasteiger partial charge on any atom is 1.00 e. The largest absolute Gasteiger partial charge is 1.00 e. The quantitative estimate of drug-likeness (QED) is 0.467. The van der Waals surface area contributed by atoms with Crippen LogP contribution in [0.25, 0.3) is 0 Å². The maximum absolute atomic E-state index is 11.0. The van der Waals surface area contributed by atoms with Crippen LogP contribution in [0.4, 0.5) is 0 Å². The fraction of sp³-hybridized carbons (Fsp3) is 0.667. The molecule has 1 aromatic heterocycles. The van der Waals surface area contributed by atoms with E-state index in [-0.39, 0.29) is 48.7 Å². The SMILES string of the molecule is CCC(CCOC1COc2cscc2OC1)S(=O)(=O)[O-].[Na+]. The van der Waals surface area contributed by atoms with Gasteiger partial charge in [-0.3, -0.25) is 0 Å². The molecule has 0 amide bonds. The average molecular weight is 344 g/mol. The first-order valence-electron chi connectivity index (χ1n) is 6.38. The van der Waals surface area contributed by atoms with Gasteiger partial charge in [-0.25, -0.2) is 8.42 Å². The van der Waals surface area contributed by atoms with Gasteiger partial charge >= 0.3 is 29.6 Å². The van der Waals surface area contributed by atoms with Gasteiger partial charge in [0.05, 0.1) is 15.4 Å². The molecule has 0 aliphatic carbocycles. The van der Waals surface area contributed by atoms with Crippen molar-refractivity contribution in [2.24, 2.45) is 0 Å². The molecule has 1 aliphatic rings. The van der Waals surface area contributed by atoms with Crippen molar-refractivity contribution >= 4 is 21.5 Å². The van der Waals surface area contributed by atoms with Crippen molar-refractivity contribution in [1.29, 1.82) is 0 Å². The van der Waals surface area contributed by atoms with Crippen molar-refractivity contribution in [3.8, 4) is 11.5 Å². The van der Waals surface area contributed by atoms with Gasteiger partial charge in [0.25, 0.3) is 0 Å². The van der Waals surface area contributed by atoms with Crippen LogP contribution in [0.15, 0.2) is 10.8 Å². The van der Waals surface area contributed by atoms with Crippen molar-refractivity contribution in [2.75, 3.05) is 19.8 Å². The summed E-state index contributed by atoms with van der Waals surface area (Å²) in [4.78, 5) is 0. The number of fused-ring (bicyclic) bond motifs is 1. The van der Waals surface area contributed by atoms with Crippen LogP contribution in [0, 0.1) is 0 Å². The van der Waals surface area contributed by atoms with Crippen LogP contribution in [0.3, 0.4) is 0 Å². The molecule has 2 rings (SSSR count). The smallest absolute Gasteiger partial charge is 0.748 e. The summed E-state index contributed by atoms with van der Waals surface area (Å²) in [7, 11) is -4.25. The van der Waals surface area contributed by atoms with Crippen LogP contribution in [-0.4, -0.2) is 44.1 Å². The van der Waals surface area contributed by atoms with E-state index >= 15 is 0 Å². The normalized spacial score (nSPS) is 16.9. The van der Waals surface area contributed by atoms with Crippen molar-refractivity contribution < 1.29 is 56.7 Å². The van der Waals surface area contributed by atoms with Crippen LogP contribution < -0.4 is 39.0 Å². The van der Waals surface area contributed by atoms with Crippen molar-refractivity contribution in [2.45, 2.75) is 31.1 Å². The molecular weight excluding hydrogens is 327 g/mol. The van der Waals surface area contributed by atoms with E-state index in [1.807, 2.05) is 10.8 Å². The van der Waals surface area contributed by atoms with Crippen molar-refractivity contribution in [3.63, 3.8) is 0 Å². The molecular formula is C12H17NaO6S2. The molecule has 0 saturated heterocycles. The van der Waals surface area contributed by atoms with Gasteiger partial charge in [0.1, 0.15) is 19.3 Å². The first kappa shape index (κ1) is 19.2. The molecule has 0 fully saturated rings. The van der Waals surface area contributed by atoms with E-state index in [2.05, 4.69) is 0 Å². The third kappa shape index (κ3) is 5.70. The summed E-state index contributed by atoms with van der Waals surface area (Å²) in [5.41, 5.74) is 0. The summed E-state index contributed by atoms with van der Waals surface area (Å²) >= 11 is 1.50. The molecule has 0 saturated carbocycles. The molecule has 9 heteroatoms. The second-order valence-corrected chi connectivity index (χ2v) is 6.92. The second kappa shape index (κ2) is 8.71. The number of rotatable bonds is 6. The minimum Gasteiger partial charge on any atom is -0.748 e. The van der Waals surface area contributed by atoms with E-state index in [0.29, 0.717) is 31.1 Å². The van der Waals surface area contributed by atoms with Crippen LogP contribution >= 0.6 is 11.3 Å². The van der Waals surface area contributed by atoms with Crippen molar-refractivity contribution in [3.05, 3.63) is 10.8 Å². The van der Waals surface area contributed by atoms with Gasteiger partial charge < -0.3 is 18.8 Å². The Balaban J connectivity index is 0.00000220. The summed E-state index contributed by atoms with van der Waals surface area (Å²) in [6.07, 6.45) is 0.225. The molecule has 6 nitrogen and oxygen atoms in total. The Bertz CT molecular complexity index is 507. The Labute approximate surface area is 150 Å².